The molecule has 0 aliphatic carbocycles. The maximum Gasteiger partial charge on any atom is 0.354 e. The Morgan fingerprint density at radius 3 is 2.35 bits per heavy atom. The molecule has 0 saturated carbocycles. The van der Waals surface area contributed by atoms with Crippen LogP contribution in [-0.4, -0.2) is 9.67 Å². The topological polar surface area (TPSA) is 72.4 Å². The van der Waals surface area contributed by atoms with Gasteiger partial charge < -0.3 is 9.52 Å². The molecule has 2 heterocycles. The fourth-order valence-corrected chi connectivity index (χ4v) is 4.80. The summed E-state index contributed by atoms with van der Waals surface area (Å²) in [5, 5.41) is 11.3. The number of aromatic hydroxyl groups is 1. The third kappa shape index (κ3) is 4.00. The van der Waals surface area contributed by atoms with Gasteiger partial charge in [0.2, 0.25) is 0 Å². The van der Waals surface area contributed by atoms with Gasteiger partial charge in [-0.15, -0.1) is 0 Å². The molecule has 0 fully saturated rings. The first-order valence-corrected chi connectivity index (χ1v) is 11.3. The third-order valence-electron chi connectivity index (χ3n) is 5.18. The van der Waals surface area contributed by atoms with E-state index in [2.05, 4.69) is 0 Å². The lowest BCUT2D eigenvalue weighted by molar-refractivity contribution is 0.446. The summed E-state index contributed by atoms with van der Waals surface area (Å²) in [6.45, 7) is 0. The largest absolute Gasteiger partial charge is 0.505 e. The fourth-order valence-electron chi connectivity index (χ4n) is 3.65. The van der Waals surface area contributed by atoms with E-state index in [0.29, 0.717) is 26.9 Å². The van der Waals surface area contributed by atoms with Gasteiger partial charge in [0.15, 0.2) is 5.75 Å². The Morgan fingerprint density at radius 1 is 0.912 bits per heavy atom. The first-order chi connectivity index (χ1) is 16.4. The van der Waals surface area contributed by atoms with Crippen LogP contribution in [0.1, 0.15) is 0 Å². The molecule has 0 spiro atoms. The van der Waals surface area contributed by atoms with E-state index in [0.717, 1.165) is 11.8 Å². The average molecular weight is 492 g/mol. The van der Waals surface area contributed by atoms with Gasteiger partial charge in [-0.2, -0.15) is 0 Å². The Labute approximate surface area is 201 Å². The molecule has 0 aliphatic rings. The van der Waals surface area contributed by atoms with Crippen molar-refractivity contribution in [3.05, 3.63) is 117 Å². The SMILES string of the molecule is O=c1oc2cc(-c3ccccc3)n(-c3ccc(F)cc3)c(=O)c2c(O)c1Sc1cccc(Cl)c1. The number of hydrogen-bond acceptors (Lipinski definition) is 5. The minimum atomic E-state index is -0.784. The van der Waals surface area contributed by atoms with Crippen molar-refractivity contribution in [2.24, 2.45) is 0 Å². The van der Waals surface area contributed by atoms with E-state index >= 15 is 0 Å². The lowest BCUT2D eigenvalue weighted by atomic mass is 10.1. The highest BCUT2D eigenvalue weighted by atomic mass is 35.5. The van der Waals surface area contributed by atoms with Gasteiger partial charge >= 0.3 is 5.63 Å². The van der Waals surface area contributed by atoms with Gasteiger partial charge in [-0.3, -0.25) is 9.36 Å². The highest BCUT2D eigenvalue weighted by molar-refractivity contribution is 7.99. The zero-order valence-electron chi connectivity index (χ0n) is 17.4. The van der Waals surface area contributed by atoms with E-state index < -0.39 is 22.8 Å². The molecule has 5 rings (SSSR count). The summed E-state index contributed by atoms with van der Waals surface area (Å²) in [5.41, 5.74) is 0.0277. The van der Waals surface area contributed by atoms with Gasteiger partial charge in [-0.05, 0) is 48.0 Å². The number of benzene rings is 3. The minimum absolute atomic E-state index is 0.0554. The van der Waals surface area contributed by atoms with Crippen LogP contribution in [0.15, 0.2) is 109 Å². The molecule has 8 heteroatoms. The molecule has 0 unspecified atom stereocenters. The highest BCUT2D eigenvalue weighted by Gasteiger charge is 2.22. The van der Waals surface area contributed by atoms with Gasteiger partial charge in [0, 0.05) is 21.7 Å². The second-order valence-electron chi connectivity index (χ2n) is 7.38. The van der Waals surface area contributed by atoms with E-state index in [4.69, 9.17) is 16.0 Å². The molecule has 0 bridgehead atoms. The molecule has 1 N–H and O–H groups in total. The molecule has 0 amide bonds. The second kappa shape index (κ2) is 8.85. The van der Waals surface area contributed by atoms with Crippen LogP contribution in [0, 0.1) is 5.82 Å². The number of nitrogens with zero attached hydrogens (tertiary/aromatic N) is 1. The molecule has 0 saturated heterocycles. The summed E-state index contributed by atoms with van der Waals surface area (Å²) in [4.78, 5) is 26.9. The highest BCUT2D eigenvalue weighted by Crippen LogP contribution is 2.37. The van der Waals surface area contributed by atoms with E-state index in [-0.39, 0.29) is 15.9 Å². The molecular formula is C26H15ClFNO4S. The van der Waals surface area contributed by atoms with E-state index in [1.807, 2.05) is 6.07 Å². The smallest absolute Gasteiger partial charge is 0.354 e. The van der Waals surface area contributed by atoms with Gasteiger partial charge in [0.05, 0.1) is 5.69 Å². The first-order valence-electron chi connectivity index (χ1n) is 10.1. The Bertz CT molecular complexity index is 1650. The van der Waals surface area contributed by atoms with E-state index in [1.165, 1.54) is 34.9 Å². The monoisotopic (exact) mass is 491 g/mol. The first kappa shape index (κ1) is 22.0. The predicted molar refractivity (Wildman–Crippen MR) is 131 cm³/mol. The van der Waals surface area contributed by atoms with E-state index in [9.17, 15) is 19.1 Å². The summed E-state index contributed by atoms with van der Waals surface area (Å²) in [5.74, 6) is -0.940. The normalized spacial score (nSPS) is 11.1. The van der Waals surface area contributed by atoms with Crippen molar-refractivity contribution < 1.29 is 13.9 Å². The minimum Gasteiger partial charge on any atom is -0.505 e. The summed E-state index contributed by atoms with van der Waals surface area (Å²) in [6.07, 6.45) is 0. The van der Waals surface area contributed by atoms with Crippen LogP contribution in [0.3, 0.4) is 0 Å². The number of aromatic nitrogens is 1. The van der Waals surface area contributed by atoms with Crippen molar-refractivity contribution in [2.45, 2.75) is 9.79 Å². The number of halogens is 2. The molecule has 0 aliphatic heterocycles. The number of hydrogen-bond donors (Lipinski definition) is 1. The molecule has 168 valence electrons. The number of rotatable bonds is 4. The van der Waals surface area contributed by atoms with Gasteiger partial charge in [-0.1, -0.05) is 59.8 Å². The summed E-state index contributed by atoms with van der Waals surface area (Å²) in [7, 11) is 0. The van der Waals surface area contributed by atoms with Crippen molar-refractivity contribution in [3.8, 4) is 22.7 Å². The summed E-state index contributed by atoms with van der Waals surface area (Å²) in [6, 6.07) is 22.7. The van der Waals surface area contributed by atoms with Gasteiger partial charge in [0.25, 0.3) is 5.56 Å². The molecule has 34 heavy (non-hydrogen) atoms. The van der Waals surface area contributed by atoms with E-state index in [1.54, 1.807) is 48.5 Å². The number of fused-ring (bicyclic) bond motifs is 1. The molecule has 0 radical (unpaired) electrons. The van der Waals surface area contributed by atoms with Crippen LogP contribution in [0.25, 0.3) is 27.9 Å². The van der Waals surface area contributed by atoms with Crippen LogP contribution in [0.5, 0.6) is 5.75 Å². The van der Waals surface area contributed by atoms with Crippen LogP contribution in [0.4, 0.5) is 4.39 Å². The lowest BCUT2D eigenvalue weighted by Gasteiger charge is -2.15. The standard InChI is InChI=1S/C26H15ClFNO4S/c27-16-7-4-8-19(13-16)34-24-23(30)22-21(33-26(24)32)14-20(15-5-2-1-3-6-15)29(25(22)31)18-11-9-17(28)10-12-18/h1-14,30H. The quantitative estimate of drug-likeness (QED) is 0.321. The molecular weight excluding hydrogens is 477 g/mol. The van der Waals surface area contributed by atoms with Crippen LogP contribution >= 0.6 is 23.4 Å². The maximum absolute atomic E-state index is 13.7. The van der Waals surface area contributed by atoms with Crippen LogP contribution in [0.2, 0.25) is 5.02 Å². The zero-order chi connectivity index (χ0) is 23.8. The van der Waals surface area contributed by atoms with Gasteiger partial charge in [0.1, 0.15) is 21.7 Å². The Morgan fingerprint density at radius 2 is 1.65 bits per heavy atom. The van der Waals surface area contributed by atoms with Crippen molar-refractivity contribution in [1.82, 2.24) is 4.57 Å². The van der Waals surface area contributed by atoms with Crippen LogP contribution < -0.4 is 11.2 Å². The average Bonchev–Trinajstić information content (AvgIpc) is 2.83. The van der Waals surface area contributed by atoms with Gasteiger partial charge in [-0.25, -0.2) is 9.18 Å². The Kier molecular flexibility index (Phi) is 5.73. The number of pyridine rings is 1. The molecule has 5 nitrogen and oxygen atoms in total. The van der Waals surface area contributed by atoms with Crippen molar-refractivity contribution in [2.75, 3.05) is 0 Å². The Balaban J connectivity index is 1.81. The summed E-state index contributed by atoms with van der Waals surface area (Å²) < 4.78 is 20.4. The molecule has 2 aromatic heterocycles. The van der Waals surface area contributed by atoms with Crippen molar-refractivity contribution in [1.29, 1.82) is 0 Å². The zero-order valence-corrected chi connectivity index (χ0v) is 18.9. The maximum atomic E-state index is 13.7. The van der Waals surface area contributed by atoms with Crippen molar-refractivity contribution >= 4 is 34.3 Å². The third-order valence-corrected chi connectivity index (χ3v) is 6.47. The predicted octanol–water partition coefficient (Wildman–Crippen LogP) is 6.26. The fraction of sp³-hybridized carbons (Fsp3) is 0. The molecule has 0 atom stereocenters. The second-order valence-corrected chi connectivity index (χ2v) is 8.90. The lowest BCUT2D eigenvalue weighted by Crippen LogP contribution is -2.21. The Hall–Kier alpha value is -3.81. The molecule has 3 aromatic carbocycles. The molecule has 5 aromatic rings. The summed E-state index contributed by atoms with van der Waals surface area (Å²) >= 11 is 6.97. The van der Waals surface area contributed by atoms with Crippen LogP contribution in [-0.2, 0) is 0 Å². The van der Waals surface area contributed by atoms with Crippen molar-refractivity contribution in [3.63, 3.8) is 0 Å².